The largest absolute Gasteiger partial charge is 0.465 e. The van der Waals surface area contributed by atoms with Gasteiger partial charge in [0.25, 0.3) is 0 Å². The van der Waals surface area contributed by atoms with Crippen LogP contribution in [-0.2, 0) is 9.53 Å². The summed E-state index contributed by atoms with van der Waals surface area (Å²) < 4.78 is 6.55. The Balaban J connectivity index is 2.04. The SMILES string of the molecule is CCOC(=O)C(C)Sc1nc2ccccc2c2nnnn12. The number of hydrogen-bond acceptors (Lipinski definition) is 7. The number of hydrogen-bond donors (Lipinski definition) is 0. The molecule has 0 aliphatic rings. The van der Waals surface area contributed by atoms with E-state index in [4.69, 9.17) is 4.74 Å². The van der Waals surface area contributed by atoms with Gasteiger partial charge in [-0.2, -0.15) is 4.52 Å². The third-order valence-corrected chi connectivity index (χ3v) is 3.93. The first-order chi connectivity index (χ1) is 10.2. The second-order valence-electron chi connectivity index (χ2n) is 4.34. The molecule has 1 unspecified atom stereocenters. The van der Waals surface area contributed by atoms with E-state index in [2.05, 4.69) is 20.5 Å². The minimum atomic E-state index is -0.383. The molecular weight excluding hydrogens is 290 g/mol. The Morgan fingerprint density at radius 1 is 1.43 bits per heavy atom. The molecule has 0 amide bonds. The number of thioether (sulfide) groups is 1. The molecule has 2 heterocycles. The Kier molecular flexibility index (Phi) is 3.70. The topological polar surface area (TPSA) is 82.3 Å². The number of aromatic nitrogens is 5. The molecule has 0 aliphatic heterocycles. The lowest BCUT2D eigenvalue weighted by Crippen LogP contribution is -2.17. The molecule has 0 spiro atoms. The van der Waals surface area contributed by atoms with Crippen LogP contribution in [0.3, 0.4) is 0 Å². The standard InChI is InChI=1S/C13H13N5O2S/c1-3-20-12(19)8(2)21-13-14-10-7-5-4-6-9(10)11-15-16-17-18(11)13/h4-8H,3H2,1-2H3. The first-order valence-electron chi connectivity index (χ1n) is 6.51. The predicted molar refractivity (Wildman–Crippen MR) is 78.0 cm³/mol. The molecule has 0 saturated carbocycles. The highest BCUT2D eigenvalue weighted by molar-refractivity contribution is 8.00. The highest BCUT2D eigenvalue weighted by atomic mass is 32.2. The lowest BCUT2D eigenvalue weighted by molar-refractivity contribution is -0.142. The van der Waals surface area contributed by atoms with Gasteiger partial charge in [0.15, 0.2) is 10.8 Å². The number of benzene rings is 1. The number of rotatable bonds is 4. The van der Waals surface area contributed by atoms with Gasteiger partial charge in [-0.15, -0.1) is 5.10 Å². The molecule has 0 N–H and O–H groups in total. The number of esters is 1. The van der Waals surface area contributed by atoms with E-state index in [1.165, 1.54) is 11.8 Å². The Labute approximate surface area is 124 Å². The number of carbonyl (C=O) groups excluding carboxylic acids is 1. The van der Waals surface area contributed by atoms with Crippen molar-refractivity contribution in [2.24, 2.45) is 0 Å². The van der Waals surface area contributed by atoms with Gasteiger partial charge in [-0.1, -0.05) is 23.9 Å². The summed E-state index contributed by atoms with van der Waals surface area (Å²) in [5, 5.41) is 12.7. The molecule has 0 aliphatic carbocycles. The molecule has 1 atom stereocenters. The van der Waals surface area contributed by atoms with Crippen molar-refractivity contribution in [2.45, 2.75) is 24.3 Å². The van der Waals surface area contributed by atoms with Gasteiger partial charge in [-0.05, 0) is 36.4 Å². The van der Waals surface area contributed by atoms with Crippen molar-refractivity contribution in [1.82, 2.24) is 25.0 Å². The normalized spacial score (nSPS) is 12.7. The van der Waals surface area contributed by atoms with Gasteiger partial charge in [0.2, 0.25) is 0 Å². The van der Waals surface area contributed by atoms with Gasteiger partial charge < -0.3 is 4.74 Å². The van der Waals surface area contributed by atoms with E-state index in [1.807, 2.05) is 24.3 Å². The number of carbonyl (C=O) groups is 1. The summed E-state index contributed by atoms with van der Waals surface area (Å²) in [5.41, 5.74) is 1.41. The van der Waals surface area contributed by atoms with Gasteiger partial charge in [0.1, 0.15) is 5.25 Å². The van der Waals surface area contributed by atoms with E-state index in [0.29, 0.717) is 17.4 Å². The van der Waals surface area contributed by atoms with Crippen molar-refractivity contribution in [2.75, 3.05) is 6.61 Å². The third-order valence-electron chi connectivity index (χ3n) is 2.91. The monoisotopic (exact) mass is 303 g/mol. The van der Waals surface area contributed by atoms with Crippen molar-refractivity contribution >= 4 is 34.3 Å². The average molecular weight is 303 g/mol. The predicted octanol–water partition coefficient (Wildman–Crippen LogP) is 1.72. The summed E-state index contributed by atoms with van der Waals surface area (Å²) in [4.78, 5) is 16.3. The minimum absolute atomic E-state index is 0.279. The van der Waals surface area contributed by atoms with E-state index in [-0.39, 0.29) is 11.2 Å². The van der Waals surface area contributed by atoms with E-state index < -0.39 is 0 Å². The number of para-hydroxylation sites is 1. The molecular formula is C13H13N5O2S. The molecule has 7 nitrogen and oxygen atoms in total. The summed E-state index contributed by atoms with van der Waals surface area (Å²) in [7, 11) is 0. The highest BCUT2D eigenvalue weighted by Crippen LogP contribution is 2.26. The van der Waals surface area contributed by atoms with Crippen LogP contribution >= 0.6 is 11.8 Å². The number of fused-ring (bicyclic) bond motifs is 3. The molecule has 0 bridgehead atoms. The zero-order valence-electron chi connectivity index (χ0n) is 11.6. The fourth-order valence-corrected chi connectivity index (χ4v) is 2.79. The second kappa shape index (κ2) is 5.65. The summed E-state index contributed by atoms with van der Waals surface area (Å²) in [6, 6.07) is 7.62. The summed E-state index contributed by atoms with van der Waals surface area (Å²) in [6.07, 6.45) is 0. The van der Waals surface area contributed by atoms with Crippen molar-refractivity contribution in [1.29, 1.82) is 0 Å². The number of tetrazole rings is 1. The van der Waals surface area contributed by atoms with E-state index in [0.717, 1.165) is 10.9 Å². The molecule has 3 aromatic rings. The smallest absolute Gasteiger partial charge is 0.319 e. The first-order valence-corrected chi connectivity index (χ1v) is 7.38. The molecule has 2 aromatic heterocycles. The molecule has 0 saturated heterocycles. The van der Waals surface area contributed by atoms with Crippen molar-refractivity contribution in [3.8, 4) is 0 Å². The van der Waals surface area contributed by atoms with Crippen LogP contribution in [0, 0.1) is 0 Å². The van der Waals surface area contributed by atoms with Gasteiger partial charge in [-0.25, -0.2) is 4.98 Å². The second-order valence-corrected chi connectivity index (χ2v) is 5.65. The van der Waals surface area contributed by atoms with Gasteiger partial charge in [0, 0.05) is 5.39 Å². The molecule has 108 valence electrons. The lowest BCUT2D eigenvalue weighted by Gasteiger charge is -2.10. The molecule has 1 aromatic carbocycles. The minimum Gasteiger partial charge on any atom is -0.465 e. The maximum Gasteiger partial charge on any atom is 0.319 e. The summed E-state index contributed by atoms with van der Waals surface area (Å²) in [5.74, 6) is -0.279. The van der Waals surface area contributed by atoms with Crippen LogP contribution in [0.4, 0.5) is 0 Å². The van der Waals surface area contributed by atoms with Crippen LogP contribution in [0.15, 0.2) is 29.4 Å². The third kappa shape index (κ3) is 2.54. The first kappa shape index (κ1) is 13.7. The number of ether oxygens (including phenoxy) is 1. The van der Waals surface area contributed by atoms with E-state index in [9.17, 15) is 4.79 Å². The van der Waals surface area contributed by atoms with Crippen LogP contribution in [0.2, 0.25) is 0 Å². The zero-order valence-corrected chi connectivity index (χ0v) is 12.4. The van der Waals surface area contributed by atoms with Crippen LogP contribution in [-0.4, -0.2) is 42.9 Å². The fraction of sp³-hybridized carbons (Fsp3) is 0.308. The summed E-state index contributed by atoms with van der Waals surface area (Å²) in [6.45, 7) is 3.91. The van der Waals surface area contributed by atoms with Gasteiger partial charge in [0.05, 0.1) is 12.1 Å². The quantitative estimate of drug-likeness (QED) is 0.412. The van der Waals surface area contributed by atoms with Gasteiger partial charge >= 0.3 is 5.97 Å². The van der Waals surface area contributed by atoms with Crippen LogP contribution in [0.25, 0.3) is 16.6 Å². The number of nitrogens with zero attached hydrogens (tertiary/aromatic N) is 5. The maximum absolute atomic E-state index is 11.8. The highest BCUT2D eigenvalue weighted by Gasteiger charge is 2.20. The van der Waals surface area contributed by atoms with Crippen molar-refractivity contribution in [3.63, 3.8) is 0 Å². The average Bonchev–Trinajstić information content (AvgIpc) is 2.97. The molecule has 0 radical (unpaired) electrons. The van der Waals surface area contributed by atoms with Crippen molar-refractivity contribution in [3.05, 3.63) is 24.3 Å². The Bertz CT molecular complexity index is 803. The Hall–Kier alpha value is -2.22. The zero-order chi connectivity index (χ0) is 14.8. The lowest BCUT2D eigenvalue weighted by atomic mass is 10.2. The molecule has 8 heteroatoms. The van der Waals surface area contributed by atoms with E-state index in [1.54, 1.807) is 18.4 Å². The molecule has 3 rings (SSSR count). The van der Waals surface area contributed by atoms with Crippen LogP contribution < -0.4 is 0 Å². The van der Waals surface area contributed by atoms with Crippen molar-refractivity contribution < 1.29 is 9.53 Å². The Morgan fingerprint density at radius 3 is 3.05 bits per heavy atom. The van der Waals surface area contributed by atoms with Crippen LogP contribution in [0.1, 0.15) is 13.8 Å². The molecule has 0 fully saturated rings. The van der Waals surface area contributed by atoms with Gasteiger partial charge in [-0.3, -0.25) is 4.79 Å². The fourth-order valence-electron chi connectivity index (χ4n) is 1.94. The summed E-state index contributed by atoms with van der Waals surface area (Å²) >= 11 is 1.28. The van der Waals surface area contributed by atoms with E-state index >= 15 is 0 Å². The van der Waals surface area contributed by atoms with Crippen LogP contribution in [0.5, 0.6) is 0 Å². The molecule has 21 heavy (non-hydrogen) atoms. The maximum atomic E-state index is 11.8. The Morgan fingerprint density at radius 2 is 2.24 bits per heavy atom.